The zero-order valence-corrected chi connectivity index (χ0v) is 21.6. The summed E-state index contributed by atoms with van der Waals surface area (Å²) in [6, 6.07) is 19.1. The van der Waals surface area contributed by atoms with Gasteiger partial charge in [0, 0.05) is 28.9 Å². The van der Waals surface area contributed by atoms with E-state index in [-0.39, 0.29) is 19.0 Å². The van der Waals surface area contributed by atoms with Crippen LogP contribution in [-0.4, -0.2) is 25.4 Å². The zero-order chi connectivity index (χ0) is 25.7. The number of nitrogens with one attached hydrogen (secondary N) is 2. The van der Waals surface area contributed by atoms with E-state index in [0.29, 0.717) is 23.7 Å². The van der Waals surface area contributed by atoms with Crippen molar-refractivity contribution in [1.82, 2.24) is 0 Å². The van der Waals surface area contributed by atoms with Gasteiger partial charge < -0.3 is 27.6 Å². The number of hydrogen-bond donors (Lipinski definition) is 3. The minimum absolute atomic E-state index is 0. The molecule has 0 bridgehead atoms. The fourth-order valence-electron chi connectivity index (χ4n) is 4.05. The number of rotatable bonds is 6. The lowest BCUT2D eigenvalue weighted by Crippen LogP contribution is -3.00. The van der Waals surface area contributed by atoms with Crippen LogP contribution in [0.2, 0.25) is 0 Å². The third-order valence-electron chi connectivity index (χ3n) is 5.72. The maximum atomic E-state index is 12.0. The lowest BCUT2D eigenvalue weighted by Gasteiger charge is -2.11. The molecule has 0 atom stereocenters. The van der Waals surface area contributed by atoms with Crippen molar-refractivity contribution in [3.63, 3.8) is 0 Å². The number of ether oxygens (including phenoxy) is 2. The average molecular weight is 521 g/mol. The maximum Gasteiger partial charge on any atom is 0.411 e. The largest absolute Gasteiger partial charge is 1.00 e. The molecule has 0 aliphatic heterocycles. The minimum Gasteiger partial charge on any atom is -1.00 e. The molecular formula is C28H29ClN4O4. The van der Waals surface area contributed by atoms with Gasteiger partial charge in [-0.25, -0.2) is 9.59 Å². The molecule has 9 heteroatoms. The third-order valence-corrected chi connectivity index (χ3v) is 5.72. The standard InChI is InChI=1S/C28H28N4O4.ClH/c1-4-35-27(33)30-20-11-13-22-23-14-12-21(31-28(34)36-5-2)17-26(23)32(3)25(24(22)16-20)15-8-18-6-9-19(29)10-7-18;/h6-17H,4-5H2,1-3H3,(H3,29,30,31,33,34);1H. The van der Waals surface area contributed by atoms with Gasteiger partial charge in [-0.2, -0.15) is 4.57 Å². The van der Waals surface area contributed by atoms with Crippen molar-refractivity contribution in [2.24, 2.45) is 7.05 Å². The third kappa shape index (κ3) is 6.29. The Morgan fingerprint density at radius 1 is 0.811 bits per heavy atom. The highest BCUT2D eigenvalue weighted by molar-refractivity contribution is 6.09. The van der Waals surface area contributed by atoms with Gasteiger partial charge in [0.25, 0.3) is 0 Å². The van der Waals surface area contributed by atoms with Crippen molar-refractivity contribution in [3.8, 4) is 0 Å². The topological polar surface area (TPSA) is 107 Å². The molecule has 1 aromatic heterocycles. The number of pyridine rings is 1. The Kier molecular flexibility index (Phi) is 8.92. The molecule has 2 amide bonds. The first-order valence-corrected chi connectivity index (χ1v) is 11.7. The Bertz CT molecular complexity index is 1470. The number of hydrogen-bond acceptors (Lipinski definition) is 5. The van der Waals surface area contributed by atoms with Crippen LogP contribution in [0.25, 0.3) is 33.8 Å². The number of fused-ring (bicyclic) bond motifs is 3. The van der Waals surface area contributed by atoms with Crippen molar-refractivity contribution >= 4 is 63.1 Å². The zero-order valence-electron chi connectivity index (χ0n) is 20.9. The molecule has 3 aromatic carbocycles. The molecule has 4 rings (SSSR count). The number of aromatic nitrogens is 1. The number of carbonyl (C=O) groups excluding carboxylic acids is 2. The number of carbonyl (C=O) groups is 2. The molecule has 0 unspecified atom stereocenters. The molecule has 0 aliphatic carbocycles. The van der Waals surface area contributed by atoms with Crippen molar-refractivity contribution in [1.29, 1.82) is 0 Å². The summed E-state index contributed by atoms with van der Waals surface area (Å²) in [4.78, 5) is 24.0. The van der Waals surface area contributed by atoms with Gasteiger partial charge in [-0.1, -0.05) is 18.2 Å². The molecule has 37 heavy (non-hydrogen) atoms. The van der Waals surface area contributed by atoms with E-state index in [1.165, 1.54) is 0 Å². The summed E-state index contributed by atoms with van der Waals surface area (Å²) in [5.74, 6) is 0. The summed E-state index contributed by atoms with van der Waals surface area (Å²) in [5, 5.41) is 8.49. The van der Waals surface area contributed by atoms with Crippen LogP contribution in [0, 0.1) is 0 Å². The van der Waals surface area contributed by atoms with Gasteiger partial charge in [0.2, 0.25) is 11.2 Å². The lowest BCUT2D eigenvalue weighted by atomic mass is 10.0. The van der Waals surface area contributed by atoms with Crippen molar-refractivity contribution in [2.75, 3.05) is 29.6 Å². The van der Waals surface area contributed by atoms with Crippen molar-refractivity contribution < 1.29 is 36.0 Å². The van der Waals surface area contributed by atoms with Gasteiger partial charge in [0.05, 0.1) is 29.7 Å². The van der Waals surface area contributed by atoms with Crippen LogP contribution in [0.5, 0.6) is 0 Å². The van der Waals surface area contributed by atoms with Crippen LogP contribution in [0.3, 0.4) is 0 Å². The molecule has 1 heterocycles. The second-order valence-corrected chi connectivity index (χ2v) is 8.13. The van der Waals surface area contributed by atoms with Crippen LogP contribution in [0.15, 0.2) is 60.7 Å². The molecule has 0 radical (unpaired) electrons. The number of anilines is 3. The highest BCUT2D eigenvalue weighted by atomic mass is 35.5. The summed E-state index contributed by atoms with van der Waals surface area (Å²) >= 11 is 0. The van der Waals surface area contributed by atoms with E-state index < -0.39 is 12.2 Å². The summed E-state index contributed by atoms with van der Waals surface area (Å²) in [6.45, 7) is 4.10. The molecule has 0 spiro atoms. The summed E-state index contributed by atoms with van der Waals surface area (Å²) < 4.78 is 12.1. The fraction of sp³-hybridized carbons (Fsp3) is 0.179. The molecular weight excluding hydrogens is 492 g/mol. The molecule has 0 saturated carbocycles. The van der Waals surface area contributed by atoms with E-state index in [1.807, 2.05) is 79.9 Å². The normalized spacial score (nSPS) is 10.8. The summed E-state index contributed by atoms with van der Waals surface area (Å²) in [6.07, 6.45) is 3.02. The molecule has 0 saturated heterocycles. The van der Waals surface area contributed by atoms with E-state index in [0.717, 1.165) is 32.9 Å². The van der Waals surface area contributed by atoms with E-state index in [1.54, 1.807) is 13.8 Å². The number of amides is 2. The van der Waals surface area contributed by atoms with Gasteiger partial charge in [-0.3, -0.25) is 10.6 Å². The highest BCUT2D eigenvalue weighted by Crippen LogP contribution is 2.30. The van der Waals surface area contributed by atoms with E-state index in [2.05, 4.69) is 15.2 Å². The smallest absolute Gasteiger partial charge is 0.411 e. The van der Waals surface area contributed by atoms with Crippen LogP contribution < -0.4 is 33.3 Å². The van der Waals surface area contributed by atoms with Gasteiger partial charge in [-0.15, -0.1) is 0 Å². The van der Waals surface area contributed by atoms with E-state index in [9.17, 15) is 9.59 Å². The molecule has 4 aromatic rings. The van der Waals surface area contributed by atoms with Crippen LogP contribution in [-0.2, 0) is 16.5 Å². The Labute approximate surface area is 221 Å². The highest BCUT2D eigenvalue weighted by Gasteiger charge is 2.19. The van der Waals surface area contributed by atoms with E-state index >= 15 is 0 Å². The Morgan fingerprint density at radius 2 is 1.38 bits per heavy atom. The number of nitrogens with zero attached hydrogens (tertiary/aromatic N) is 1. The van der Waals surface area contributed by atoms with Gasteiger partial charge in [-0.05, 0) is 61.9 Å². The quantitative estimate of drug-likeness (QED) is 0.206. The second kappa shape index (κ2) is 12.1. The number of nitrogen functional groups attached to an aromatic ring is 1. The Hall–Kier alpha value is -4.30. The lowest BCUT2D eigenvalue weighted by molar-refractivity contribution is -0.645. The number of benzene rings is 3. The predicted octanol–water partition coefficient (Wildman–Crippen LogP) is 2.71. The number of nitrogens with two attached hydrogens (primary N) is 1. The average Bonchev–Trinajstić information content (AvgIpc) is 2.85. The predicted molar refractivity (Wildman–Crippen MR) is 144 cm³/mol. The molecule has 4 N–H and O–H groups in total. The van der Waals surface area contributed by atoms with Crippen LogP contribution in [0.4, 0.5) is 26.7 Å². The first-order valence-electron chi connectivity index (χ1n) is 11.7. The monoisotopic (exact) mass is 520 g/mol. The van der Waals surface area contributed by atoms with Crippen molar-refractivity contribution in [3.05, 3.63) is 71.9 Å². The van der Waals surface area contributed by atoms with Gasteiger partial charge in [0.1, 0.15) is 7.05 Å². The number of halogens is 1. The minimum atomic E-state index is -0.504. The Morgan fingerprint density at radius 3 is 1.97 bits per heavy atom. The number of aryl methyl sites for hydroxylation is 1. The molecule has 0 fully saturated rings. The van der Waals surface area contributed by atoms with Crippen LogP contribution in [0.1, 0.15) is 25.1 Å². The molecule has 192 valence electrons. The SMILES string of the molecule is CCOC(=O)Nc1ccc2c(c1)c(/C=C/c1ccc(N)cc1)[n+](C)c1cc(NC(=O)OCC)ccc21.[Cl-]. The molecule has 8 nitrogen and oxygen atoms in total. The van der Waals surface area contributed by atoms with Crippen LogP contribution >= 0.6 is 0 Å². The van der Waals surface area contributed by atoms with E-state index in [4.69, 9.17) is 15.2 Å². The van der Waals surface area contributed by atoms with Gasteiger partial charge >= 0.3 is 12.2 Å². The summed E-state index contributed by atoms with van der Waals surface area (Å²) in [7, 11) is 1.96. The van der Waals surface area contributed by atoms with Gasteiger partial charge in [0.15, 0.2) is 0 Å². The maximum absolute atomic E-state index is 12.0. The first-order chi connectivity index (χ1) is 17.4. The fourth-order valence-corrected chi connectivity index (χ4v) is 4.05. The van der Waals surface area contributed by atoms with Crippen molar-refractivity contribution in [2.45, 2.75) is 13.8 Å². The Balaban J connectivity index is 0.00000380. The first kappa shape index (κ1) is 27.3. The molecule has 0 aliphatic rings. The second-order valence-electron chi connectivity index (χ2n) is 8.13. The summed E-state index contributed by atoms with van der Waals surface area (Å²) in [5.41, 5.74) is 10.6.